The molecule has 1 heterocycles. The summed E-state index contributed by atoms with van der Waals surface area (Å²) in [4.78, 5) is 36.7. The second kappa shape index (κ2) is 10.3. The number of nitrogens with one attached hydrogen (secondary N) is 2. The van der Waals surface area contributed by atoms with Crippen LogP contribution in [0.4, 0.5) is 4.79 Å². The molecule has 2 aromatic carbocycles. The van der Waals surface area contributed by atoms with Crippen LogP contribution in [0.25, 0.3) is 6.08 Å². The van der Waals surface area contributed by atoms with Crippen LogP contribution in [0.5, 0.6) is 11.5 Å². The van der Waals surface area contributed by atoms with Gasteiger partial charge in [-0.3, -0.25) is 0 Å². The van der Waals surface area contributed by atoms with Crippen LogP contribution in [0.3, 0.4) is 0 Å². The van der Waals surface area contributed by atoms with Crippen molar-refractivity contribution in [3.05, 3.63) is 77.0 Å². The normalized spacial score (nSPS) is 15.7. The number of hydrogen-bond donors (Lipinski definition) is 2. The first kappa shape index (κ1) is 22.6. The number of allylic oxidation sites excluding steroid dienone is 1. The van der Waals surface area contributed by atoms with E-state index in [0.717, 1.165) is 5.56 Å². The summed E-state index contributed by atoms with van der Waals surface area (Å²) < 4.78 is 15.9. The average Bonchev–Trinajstić information content (AvgIpc) is 2.78. The highest BCUT2D eigenvalue weighted by Gasteiger charge is 2.32. The highest BCUT2D eigenvalue weighted by molar-refractivity contribution is 5.95. The Morgan fingerprint density at radius 1 is 1.09 bits per heavy atom. The molecule has 0 spiro atoms. The zero-order chi connectivity index (χ0) is 23.1. The van der Waals surface area contributed by atoms with Gasteiger partial charge in [0.05, 0.1) is 25.3 Å². The van der Waals surface area contributed by atoms with Crippen molar-refractivity contribution in [1.29, 1.82) is 0 Å². The molecule has 8 nitrogen and oxygen atoms in total. The van der Waals surface area contributed by atoms with E-state index < -0.39 is 24.0 Å². The summed E-state index contributed by atoms with van der Waals surface area (Å²) >= 11 is 0. The van der Waals surface area contributed by atoms with Gasteiger partial charge in [0.15, 0.2) is 11.5 Å². The lowest BCUT2D eigenvalue weighted by Crippen LogP contribution is -2.45. The van der Waals surface area contributed by atoms with Gasteiger partial charge >= 0.3 is 18.0 Å². The number of methoxy groups -OCH3 is 1. The molecule has 2 N–H and O–H groups in total. The first-order chi connectivity index (χ1) is 15.4. The molecule has 0 radical (unpaired) electrons. The van der Waals surface area contributed by atoms with Gasteiger partial charge in [-0.1, -0.05) is 36.4 Å². The smallest absolute Gasteiger partial charge is 0.338 e. The lowest BCUT2D eigenvalue weighted by atomic mass is 9.95. The third-order valence-electron chi connectivity index (χ3n) is 4.71. The fraction of sp³-hybridized carbons (Fsp3) is 0.208. The molecule has 166 valence electrons. The minimum Gasteiger partial charge on any atom is -0.493 e. The van der Waals surface area contributed by atoms with Gasteiger partial charge in [0.1, 0.15) is 0 Å². The van der Waals surface area contributed by atoms with E-state index in [0.29, 0.717) is 11.3 Å². The van der Waals surface area contributed by atoms with Crippen molar-refractivity contribution in [2.45, 2.75) is 19.9 Å². The Bertz CT molecular complexity index is 1080. The minimum atomic E-state index is -0.751. The number of carbonyl (C=O) groups excluding carboxylic acids is 3. The van der Waals surface area contributed by atoms with Crippen LogP contribution < -0.4 is 20.1 Å². The van der Waals surface area contributed by atoms with Gasteiger partial charge in [0.2, 0.25) is 0 Å². The van der Waals surface area contributed by atoms with Crippen LogP contribution in [0.1, 0.15) is 31.0 Å². The summed E-state index contributed by atoms with van der Waals surface area (Å²) in [5.41, 5.74) is 2.11. The van der Waals surface area contributed by atoms with Gasteiger partial charge in [-0.2, -0.15) is 0 Å². The maximum Gasteiger partial charge on any atom is 0.338 e. The molecule has 0 aromatic heterocycles. The number of rotatable bonds is 7. The fourth-order valence-electron chi connectivity index (χ4n) is 3.24. The highest BCUT2D eigenvalue weighted by atomic mass is 16.6. The summed E-state index contributed by atoms with van der Waals surface area (Å²) in [7, 11) is 1.44. The van der Waals surface area contributed by atoms with Gasteiger partial charge < -0.3 is 24.8 Å². The van der Waals surface area contributed by atoms with Crippen LogP contribution in [0.15, 0.2) is 65.9 Å². The quantitative estimate of drug-likeness (QED) is 0.391. The first-order valence-corrected chi connectivity index (χ1v) is 10.0. The SMILES string of the molecule is CCOC(=O)C1=C(C)NC(=O)NC1c1ccc(OC(=O)/C=C/c2ccccc2)c(OC)c1. The number of ether oxygens (including phenoxy) is 3. The summed E-state index contributed by atoms with van der Waals surface area (Å²) in [6, 6.07) is 13.0. The Balaban J connectivity index is 1.84. The largest absolute Gasteiger partial charge is 0.493 e. The topological polar surface area (TPSA) is 103 Å². The molecule has 1 aliphatic heterocycles. The maximum atomic E-state index is 12.5. The first-order valence-electron chi connectivity index (χ1n) is 10.0. The van der Waals surface area contributed by atoms with Crippen molar-refractivity contribution in [1.82, 2.24) is 10.6 Å². The molecule has 0 bridgehead atoms. The van der Waals surface area contributed by atoms with E-state index in [-0.39, 0.29) is 23.7 Å². The van der Waals surface area contributed by atoms with Gasteiger partial charge in [-0.15, -0.1) is 0 Å². The Kier molecular flexibility index (Phi) is 7.28. The van der Waals surface area contributed by atoms with Crippen molar-refractivity contribution in [3.8, 4) is 11.5 Å². The molecule has 1 aliphatic rings. The van der Waals surface area contributed by atoms with Crippen LogP contribution in [-0.2, 0) is 14.3 Å². The molecule has 0 saturated heterocycles. The molecule has 2 amide bonds. The lowest BCUT2D eigenvalue weighted by Gasteiger charge is -2.28. The average molecular weight is 436 g/mol. The molecule has 0 fully saturated rings. The molecule has 1 atom stereocenters. The van der Waals surface area contributed by atoms with E-state index >= 15 is 0 Å². The van der Waals surface area contributed by atoms with Crippen LogP contribution in [0.2, 0.25) is 0 Å². The number of benzene rings is 2. The summed E-state index contributed by atoms with van der Waals surface area (Å²) in [6.45, 7) is 3.53. The number of urea groups is 1. The van der Waals surface area contributed by atoms with Crippen molar-refractivity contribution in [2.24, 2.45) is 0 Å². The standard InChI is InChI=1S/C24H24N2O6/c1-4-31-23(28)21-15(2)25-24(29)26-22(21)17-11-12-18(19(14-17)30-3)32-20(27)13-10-16-8-6-5-7-9-16/h5-14,22H,4H2,1-3H3,(H2,25,26,29)/b13-10+. The second-order valence-corrected chi connectivity index (χ2v) is 6.87. The van der Waals surface area contributed by atoms with Crippen molar-refractivity contribution < 1.29 is 28.6 Å². The molecule has 2 aromatic rings. The molecule has 1 unspecified atom stereocenters. The maximum absolute atomic E-state index is 12.5. The predicted molar refractivity (Wildman–Crippen MR) is 118 cm³/mol. The minimum absolute atomic E-state index is 0.199. The Morgan fingerprint density at radius 2 is 1.84 bits per heavy atom. The predicted octanol–water partition coefficient (Wildman–Crippen LogP) is 3.51. The third-order valence-corrected chi connectivity index (χ3v) is 4.71. The highest BCUT2D eigenvalue weighted by Crippen LogP contribution is 2.34. The molecular formula is C24H24N2O6. The molecule has 0 saturated carbocycles. The molecular weight excluding hydrogens is 412 g/mol. The van der Waals surface area contributed by atoms with Crippen molar-refractivity contribution in [3.63, 3.8) is 0 Å². The molecule has 8 heteroatoms. The van der Waals surface area contributed by atoms with Gasteiger partial charge in [-0.25, -0.2) is 14.4 Å². The van der Waals surface area contributed by atoms with E-state index in [1.807, 2.05) is 30.3 Å². The fourth-order valence-corrected chi connectivity index (χ4v) is 3.24. The van der Waals surface area contributed by atoms with E-state index in [9.17, 15) is 14.4 Å². The summed E-state index contributed by atoms with van der Waals surface area (Å²) in [5.74, 6) is -0.628. The Hall–Kier alpha value is -4.07. The molecule has 32 heavy (non-hydrogen) atoms. The summed E-state index contributed by atoms with van der Waals surface area (Å²) in [6.07, 6.45) is 2.97. The second-order valence-electron chi connectivity index (χ2n) is 6.87. The summed E-state index contributed by atoms with van der Waals surface area (Å²) in [5, 5.41) is 5.30. The van der Waals surface area contributed by atoms with Gasteiger partial charge in [0, 0.05) is 11.8 Å². The van der Waals surface area contributed by atoms with E-state index in [1.165, 1.54) is 13.2 Å². The number of carbonyl (C=O) groups is 3. The zero-order valence-electron chi connectivity index (χ0n) is 18.0. The van der Waals surface area contributed by atoms with Crippen LogP contribution >= 0.6 is 0 Å². The van der Waals surface area contributed by atoms with Crippen molar-refractivity contribution >= 4 is 24.0 Å². The number of hydrogen-bond acceptors (Lipinski definition) is 6. The van der Waals surface area contributed by atoms with Gasteiger partial charge in [-0.05, 0) is 43.2 Å². The third kappa shape index (κ3) is 5.34. The Labute approximate surface area is 185 Å². The zero-order valence-corrected chi connectivity index (χ0v) is 18.0. The van der Waals surface area contributed by atoms with E-state index in [4.69, 9.17) is 14.2 Å². The van der Waals surface area contributed by atoms with E-state index in [2.05, 4.69) is 10.6 Å². The molecule has 3 rings (SSSR count). The molecule has 0 aliphatic carbocycles. The van der Waals surface area contributed by atoms with Crippen LogP contribution in [0, 0.1) is 0 Å². The number of esters is 2. The van der Waals surface area contributed by atoms with E-state index in [1.54, 1.807) is 38.1 Å². The monoisotopic (exact) mass is 436 g/mol. The van der Waals surface area contributed by atoms with Crippen LogP contribution in [-0.4, -0.2) is 31.7 Å². The number of amides is 2. The van der Waals surface area contributed by atoms with Crippen molar-refractivity contribution in [2.75, 3.05) is 13.7 Å². The Morgan fingerprint density at radius 3 is 2.53 bits per heavy atom. The lowest BCUT2D eigenvalue weighted by molar-refractivity contribution is -0.139. The van der Waals surface area contributed by atoms with Gasteiger partial charge in [0.25, 0.3) is 0 Å².